The van der Waals surface area contributed by atoms with Crippen LogP contribution in [0.4, 0.5) is 5.82 Å². The van der Waals surface area contributed by atoms with E-state index in [1.54, 1.807) is 6.20 Å². The average molecular weight is 248 g/mol. The molecule has 0 unspecified atom stereocenters. The van der Waals surface area contributed by atoms with Crippen molar-refractivity contribution in [1.82, 2.24) is 15.2 Å². The van der Waals surface area contributed by atoms with Gasteiger partial charge in [0.15, 0.2) is 0 Å². The Morgan fingerprint density at radius 3 is 2.72 bits per heavy atom. The van der Waals surface area contributed by atoms with Gasteiger partial charge in [-0.25, -0.2) is 4.98 Å². The minimum atomic E-state index is 0.404. The summed E-state index contributed by atoms with van der Waals surface area (Å²) in [6.07, 6.45) is 2.90. The molecule has 2 rings (SSSR count). The molecule has 4 heteroatoms. The highest BCUT2D eigenvalue weighted by atomic mass is 15.2. The number of pyridine rings is 1. The van der Waals surface area contributed by atoms with Crippen molar-refractivity contribution >= 4 is 5.82 Å². The number of nitrogens with one attached hydrogen (secondary N) is 1. The summed E-state index contributed by atoms with van der Waals surface area (Å²) in [5.74, 6) is 1.34. The molecule has 1 saturated heterocycles. The third-order valence-electron chi connectivity index (χ3n) is 3.52. The van der Waals surface area contributed by atoms with Crippen LogP contribution >= 0.6 is 0 Å². The molecule has 0 amide bonds. The Morgan fingerprint density at radius 1 is 1.39 bits per heavy atom. The molecule has 1 fully saturated rings. The fraction of sp³-hybridized carbons (Fsp3) is 0.643. The van der Waals surface area contributed by atoms with E-state index in [4.69, 9.17) is 5.73 Å². The smallest absolute Gasteiger partial charge is 0.128 e. The second kappa shape index (κ2) is 6.16. The van der Waals surface area contributed by atoms with Crippen molar-refractivity contribution < 1.29 is 0 Å². The van der Waals surface area contributed by atoms with Gasteiger partial charge in [-0.15, -0.1) is 0 Å². The molecule has 1 aliphatic heterocycles. The van der Waals surface area contributed by atoms with Crippen LogP contribution in [0.5, 0.6) is 0 Å². The van der Waals surface area contributed by atoms with E-state index in [-0.39, 0.29) is 0 Å². The molecule has 0 spiro atoms. The first kappa shape index (κ1) is 13.3. The first-order chi connectivity index (χ1) is 8.68. The Balaban J connectivity index is 2.21. The van der Waals surface area contributed by atoms with E-state index in [9.17, 15) is 0 Å². The molecule has 0 saturated carbocycles. The number of nitrogens with zero attached hydrogens (tertiary/aromatic N) is 2. The average Bonchev–Trinajstić information content (AvgIpc) is 2.38. The fourth-order valence-corrected chi connectivity index (χ4v) is 2.62. The molecule has 0 aliphatic carbocycles. The van der Waals surface area contributed by atoms with Gasteiger partial charge in [0.1, 0.15) is 5.82 Å². The highest BCUT2D eigenvalue weighted by Gasteiger charge is 2.24. The highest BCUT2D eigenvalue weighted by Crippen LogP contribution is 2.30. The van der Waals surface area contributed by atoms with Crippen molar-refractivity contribution in [2.45, 2.75) is 26.3 Å². The Hall–Kier alpha value is -1.13. The SMILES string of the molecule is CC(C)C[C@@H](c1cccnc1N)N1CCNCC1. The molecule has 18 heavy (non-hydrogen) atoms. The van der Waals surface area contributed by atoms with Gasteiger partial charge in [0, 0.05) is 44.0 Å². The molecule has 0 radical (unpaired) electrons. The number of nitrogens with two attached hydrogens (primary N) is 1. The molecule has 1 aromatic heterocycles. The quantitative estimate of drug-likeness (QED) is 0.851. The Bertz CT molecular complexity index is 372. The summed E-state index contributed by atoms with van der Waals surface area (Å²) in [6.45, 7) is 8.84. The first-order valence-electron chi connectivity index (χ1n) is 6.83. The molecule has 100 valence electrons. The zero-order valence-electron chi connectivity index (χ0n) is 11.4. The number of anilines is 1. The maximum atomic E-state index is 6.05. The summed E-state index contributed by atoms with van der Waals surface area (Å²) < 4.78 is 0. The molecule has 4 nitrogen and oxygen atoms in total. The third kappa shape index (κ3) is 3.21. The normalized spacial score (nSPS) is 19.1. The van der Waals surface area contributed by atoms with E-state index >= 15 is 0 Å². The van der Waals surface area contributed by atoms with Gasteiger partial charge in [-0.05, 0) is 18.4 Å². The summed E-state index contributed by atoms with van der Waals surface area (Å²) in [7, 11) is 0. The van der Waals surface area contributed by atoms with Gasteiger partial charge >= 0.3 is 0 Å². The lowest BCUT2D eigenvalue weighted by Gasteiger charge is -2.36. The Morgan fingerprint density at radius 2 is 2.11 bits per heavy atom. The van der Waals surface area contributed by atoms with Crippen LogP contribution in [0.15, 0.2) is 18.3 Å². The molecule has 3 N–H and O–H groups in total. The summed E-state index contributed by atoms with van der Waals surface area (Å²) in [6, 6.07) is 4.51. The van der Waals surface area contributed by atoms with Gasteiger partial charge in [0.25, 0.3) is 0 Å². The number of hydrogen-bond acceptors (Lipinski definition) is 4. The van der Waals surface area contributed by atoms with Crippen LogP contribution in [0.3, 0.4) is 0 Å². The van der Waals surface area contributed by atoms with Crippen LogP contribution in [-0.4, -0.2) is 36.1 Å². The van der Waals surface area contributed by atoms with Gasteiger partial charge in [-0.1, -0.05) is 19.9 Å². The standard InChI is InChI=1S/C14H24N4/c1-11(2)10-13(18-8-6-16-7-9-18)12-4-3-5-17-14(12)15/h3-5,11,13,16H,6-10H2,1-2H3,(H2,15,17)/t13-/m0/s1. The van der Waals surface area contributed by atoms with Crippen LogP contribution in [0, 0.1) is 5.92 Å². The molecule has 1 aliphatic rings. The van der Waals surface area contributed by atoms with E-state index in [2.05, 4.69) is 35.1 Å². The summed E-state index contributed by atoms with van der Waals surface area (Å²) in [5.41, 5.74) is 7.24. The zero-order valence-corrected chi connectivity index (χ0v) is 11.4. The van der Waals surface area contributed by atoms with Crippen molar-refractivity contribution in [3.05, 3.63) is 23.9 Å². The molecular formula is C14H24N4. The van der Waals surface area contributed by atoms with Gasteiger partial charge in [-0.3, -0.25) is 4.90 Å². The Labute approximate surface area is 110 Å². The molecule has 0 bridgehead atoms. The molecular weight excluding hydrogens is 224 g/mol. The first-order valence-corrected chi connectivity index (χ1v) is 6.83. The predicted molar refractivity (Wildman–Crippen MR) is 75.3 cm³/mol. The summed E-state index contributed by atoms with van der Waals surface area (Å²) >= 11 is 0. The van der Waals surface area contributed by atoms with E-state index in [1.165, 1.54) is 5.56 Å². The molecule has 2 heterocycles. The molecule has 1 atom stereocenters. The van der Waals surface area contributed by atoms with E-state index in [0.717, 1.165) is 32.6 Å². The topological polar surface area (TPSA) is 54.2 Å². The van der Waals surface area contributed by atoms with Crippen molar-refractivity contribution in [2.24, 2.45) is 5.92 Å². The highest BCUT2D eigenvalue weighted by molar-refractivity contribution is 5.41. The van der Waals surface area contributed by atoms with Gasteiger partial charge < -0.3 is 11.1 Å². The minimum absolute atomic E-state index is 0.404. The molecule has 0 aromatic carbocycles. The van der Waals surface area contributed by atoms with Crippen LogP contribution < -0.4 is 11.1 Å². The van der Waals surface area contributed by atoms with Crippen molar-refractivity contribution in [3.8, 4) is 0 Å². The fourth-order valence-electron chi connectivity index (χ4n) is 2.62. The number of rotatable bonds is 4. The predicted octanol–water partition coefficient (Wildman–Crippen LogP) is 1.66. The summed E-state index contributed by atoms with van der Waals surface area (Å²) in [5, 5.41) is 3.40. The van der Waals surface area contributed by atoms with Crippen LogP contribution in [0.1, 0.15) is 31.9 Å². The minimum Gasteiger partial charge on any atom is -0.383 e. The monoisotopic (exact) mass is 248 g/mol. The maximum Gasteiger partial charge on any atom is 0.128 e. The largest absolute Gasteiger partial charge is 0.383 e. The van der Waals surface area contributed by atoms with Crippen LogP contribution in [-0.2, 0) is 0 Å². The number of piperazine rings is 1. The lowest BCUT2D eigenvalue weighted by atomic mass is 9.95. The van der Waals surface area contributed by atoms with Crippen LogP contribution in [0.25, 0.3) is 0 Å². The zero-order chi connectivity index (χ0) is 13.0. The lowest BCUT2D eigenvalue weighted by Crippen LogP contribution is -2.45. The summed E-state index contributed by atoms with van der Waals surface area (Å²) in [4.78, 5) is 6.77. The van der Waals surface area contributed by atoms with Gasteiger partial charge in [0.05, 0.1) is 0 Å². The van der Waals surface area contributed by atoms with E-state index in [1.807, 2.05) is 6.07 Å². The third-order valence-corrected chi connectivity index (χ3v) is 3.52. The van der Waals surface area contributed by atoms with Gasteiger partial charge in [0.2, 0.25) is 0 Å². The Kier molecular flexibility index (Phi) is 4.55. The van der Waals surface area contributed by atoms with Crippen molar-refractivity contribution in [2.75, 3.05) is 31.9 Å². The lowest BCUT2D eigenvalue weighted by molar-refractivity contribution is 0.154. The second-order valence-corrected chi connectivity index (χ2v) is 5.41. The number of nitrogen functional groups attached to an aromatic ring is 1. The maximum absolute atomic E-state index is 6.05. The second-order valence-electron chi connectivity index (χ2n) is 5.41. The molecule has 1 aromatic rings. The number of aromatic nitrogens is 1. The van der Waals surface area contributed by atoms with Crippen molar-refractivity contribution in [3.63, 3.8) is 0 Å². The number of hydrogen-bond donors (Lipinski definition) is 2. The van der Waals surface area contributed by atoms with E-state index in [0.29, 0.717) is 17.8 Å². The van der Waals surface area contributed by atoms with Crippen molar-refractivity contribution in [1.29, 1.82) is 0 Å². The van der Waals surface area contributed by atoms with E-state index < -0.39 is 0 Å². The van der Waals surface area contributed by atoms with Crippen LogP contribution in [0.2, 0.25) is 0 Å². The van der Waals surface area contributed by atoms with Gasteiger partial charge in [-0.2, -0.15) is 0 Å².